The van der Waals surface area contributed by atoms with Crippen LogP contribution in [0.25, 0.3) is 22.4 Å². The van der Waals surface area contributed by atoms with Crippen LogP contribution in [0.3, 0.4) is 0 Å². The molecule has 0 aliphatic rings. The zero-order valence-electron chi connectivity index (χ0n) is 12.7. The Balaban J connectivity index is 1.75. The minimum absolute atomic E-state index is 0.320. The van der Waals surface area contributed by atoms with Crippen molar-refractivity contribution in [2.75, 3.05) is 11.9 Å². The number of benzene rings is 2. The number of amides is 1. The van der Waals surface area contributed by atoms with Gasteiger partial charge in [0.05, 0.1) is 12.3 Å². The molecule has 1 heterocycles. The molecule has 2 aromatic carbocycles. The van der Waals surface area contributed by atoms with E-state index in [-0.39, 0.29) is 0 Å². The van der Waals surface area contributed by atoms with Crippen LogP contribution in [0.2, 0.25) is 0 Å². The summed E-state index contributed by atoms with van der Waals surface area (Å²) in [5.41, 5.74) is 4.05. The average Bonchev–Trinajstić information content (AvgIpc) is 3.04. The van der Waals surface area contributed by atoms with Crippen LogP contribution in [0.15, 0.2) is 60.8 Å². The van der Waals surface area contributed by atoms with Crippen LogP contribution < -0.4 is 5.32 Å². The molecule has 1 amide bonds. The summed E-state index contributed by atoms with van der Waals surface area (Å²) in [5, 5.41) is 2.54. The summed E-state index contributed by atoms with van der Waals surface area (Å²) in [6.45, 7) is 2.07. The molecular formula is C18H17N3O2. The number of H-pyrrole nitrogens is 1. The first kappa shape index (κ1) is 14.8. The Morgan fingerprint density at radius 3 is 2.39 bits per heavy atom. The molecule has 0 spiro atoms. The molecule has 0 fully saturated rings. The molecule has 5 nitrogen and oxygen atoms in total. The number of ether oxygens (including phenoxy) is 1. The lowest BCUT2D eigenvalue weighted by Gasteiger charge is -2.03. The number of nitrogens with one attached hydrogen (secondary N) is 2. The first-order valence-electron chi connectivity index (χ1n) is 7.41. The van der Waals surface area contributed by atoms with Gasteiger partial charge in [-0.05, 0) is 18.1 Å². The maximum atomic E-state index is 11.4. The lowest BCUT2D eigenvalue weighted by molar-refractivity contribution is 0.167. The summed E-state index contributed by atoms with van der Waals surface area (Å²) in [7, 11) is 0. The summed E-state index contributed by atoms with van der Waals surface area (Å²) < 4.78 is 4.82. The molecule has 0 aliphatic carbocycles. The second kappa shape index (κ2) is 6.79. The van der Waals surface area contributed by atoms with Crippen molar-refractivity contribution in [1.82, 2.24) is 9.97 Å². The average molecular weight is 307 g/mol. The minimum atomic E-state index is -0.521. The standard InChI is InChI=1S/C18H17N3O2/c1-2-23-18(22)21-17-19-12-16(20-17)15-10-8-14(9-11-15)13-6-4-3-5-7-13/h3-12H,2H2,1H3,(H2,19,20,21,22). The van der Waals surface area contributed by atoms with E-state index in [0.29, 0.717) is 12.6 Å². The fourth-order valence-corrected chi connectivity index (χ4v) is 2.26. The predicted octanol–water partition coefficient (Wildman–Crippen LogP) is 4.31. The molecule has 1 aromatic heterocycles. The number of hydrogen-bond acceptors (Lipinski definition) is 3. The van der Waals surface area contributed by atoms with E-state index >= 15 is 0 Å². The molecule has 116 valence electrons. The Morgan fingerprint density at radius 1 is 1.04 bits per heavy atom. The number of aromatic nitrogens is 2. The van der Waals surface area contributed by atoms with Crippen molar-refractivity contribution in [3.05, 3.63) is 60.8 Å². The highest BCUT2D eigenvalue weighted by Crippen LogP contribution is 2.24. The van der Waals surface area contributed by atoms with Gasteiger partial charge in [-0.3, -0.25) is 5.32 Å². The number of nitrogens with zero attached hydrogens (tertiary/aromatic N) is 1. The van der Waals surface area contributed by atoms with Crippen LogP contribution in [0, 0.1) is 0 Å². The molecule has 2 N–H and O–H groups in total. The van der Waals surface area contributed by atoms with E-state index < -0.39 is 6.09 Å². The van der Waals surface area contributed by atoms with E-state index in [1.807, 2.05) is 30.3 Å². The van der Waals surface area contributed by atoms with Gasteiger partial charge < -0.3 is 9.72 Å². The summed E-state index contributed by atoms with van der Waals surface area (Å²) in [5.74, 6) is 0.366. The van der Waals surface area contributed by atoms with Gasteiger partial charge in [0, 0.05) is 11.8 Å². The van der Waals surface area contributed by atoms with Crippen LogP contribution in [0.4, 0.5) is 10.7 Å². The number of rotatable bonds is 4. The highest BCUT2D eigenvalue weighted by Gasteiger charge is 2.08. The summed E-state index contributed by atoms with van der Waals surface area (Å²) in [4.78, 5) is 18.6. The van der Waals surface area contributed by atoms with Crippen molar-refractivity contribution in [1.29, 1.82) is 0 Å². The summed E-state index contributed by atoms with van der Waals surface area (Å²) in [6.07, 6.45) is 1.23. The van der Waals surface area contributed by atoms with Gasteiger partial charge in [-0.15, -0.1) is 0 Å². The zero-order chi connectivity index (χ0) is 16.1. The molecule has 0 unspecified atom stereocenters. The number of aromatic amines is 1. The Morgan fingerprint density at radius 2 is 1.70 bits per heavy atom. The number of carbonyl (C=O) groups is 1. The van der Waals surface area contributed by atoms with Crippen LogP contribution in [-0.4, -0.2) is 22.7 Å². The quantitative estimate of drug-likeness (QED) is 0.754. The number of carbonyl (C=O) groups excluding carboxylic acids is 1. The third-order valence-corrected chi connectivity index (χ3v) is 3.36. The van der Waals surface area contributed by atoms with E-state index in [1.54, 1.807) is 13.1 Å². The van der Waals surface area contributed by atoms with Gasteiger partial charge in [-0.25, -0.2) is 9.78 Å². The fraction of sp³-hybridized carbons (Fsp3) is 0.111. The highest BCUT2D eigenvalue weighted by molar-refractivity contribution is 5.82. The summed E-state index contributed by atoms with van der Waals surface area (Å²) in [6, 6.07) is 18.3. The third-order valence-electron chi connectivity index (χ3n) is 3.36. The number of imidazole rings is 1. The molecule has 23 heavy (non-hydrogen) atoms. The molecular weight excluding hydrogens is 290 g/mol. The molecule has 0 aliphatic heterocycles. The van der Waals surface area contributed by atoms with E-state index in [2.05, 4.69) is 39.6 Å². The van der Waals surface area contributed by atoms with Crippen molar-refractivity contribution in [3.8, 4) is 22.4 Å². The Labute approximate surface area is 134 Å². The van der Waals surface area contributed by atoms with Crippen molar-refractivity contribution in [3.63, 3.8) is 0 Å². The monoisotopic (exact) mass is 307 g/mol. The van der Waals surface area contributed by atoms with E-state index in [0.717, 1.165) is 16.8 Å². The molecule has 0 bridgehead atoms. The van der Waals surface area contributed by atoms with Gasteiger partial charge >= 0.3 is 6.09 Å². The van der Waals surface area contributed by atoms with Crippen LogP contribution in [0.1, 0.15) is 6.92 Å². The normalized spacial score (nSPS) is 10.3. The van der Waals surface area contributed by atoms with E-state index in [9.17, 15) is 4.79 Å². The van der Waals surface area contributed by atoms with Crippen molar-refractivity contribution >= 4 is 12.0 Å². The van der Waals surface area contributed by atoms with E-state index in [4.69, 9.17) is 4.74 Å². The second-order valence-electron chi connectivity index (χ2n) is 4.92. The first-order valence-corrected chi connectivity index (χ1v) is 7.41. The SMILES string of the molecule is CCOC(=O)Nc1nc(-c2ccc(-c3ccccc3)cc2)c[nH]1. The molecule has 3 rings (SSSR count). The zero-order valence-corrected chi connectivity index (χ0v) is 12.7. The number of anilines is 1. The second-order valence-corrected chi connectivity index (χ2v) is 4.92. The largest absolute Gasteiger partial charge is 0.450 e. The fourth-order valence-electron chi connectivity index (χ4n) is 2.26. The molecule has 0 radical (unpaired) electrons. The smallest absolute Gasteiger partial charge is 0.413 e. The molecule has 0 saturated heterocycles. The topological polar surface area (TPSA) is 67.0 Å². The third kappa shape index (κ3) is 3.58. The molecule has 5 heteroatoms. The van der Waals surface area contributed by atoms with Gasteiger partial charge in [0.1, 0.15) is 0 Å². The van der Waals surface area contributed by atoms with Crippen LogP contribution in [-0.2, 0) is 4.74 Å². The van der Waals surface area contributed by atoms with Gasteiger partial charge in [0.25, 0.3) is 0 Å². The Hall–Kier alpha value is -3.08. The molecule has 0 atom stereocenters. The Bertz CT molecular complexity index is 780. The minimum Gasteiger partial charge on any atom is -0.450 e. The van der Waals surface area contributed by atoms with Crippen molar-refractivity contribution in [2.24, 2.45) is 0 Å². The maximum absolute atomic E-state index is 11.4. The van der Waals surface area contributed by atoms with Crippen LogP contribution in [0.5, 0.6) is 0 Å². The van der Waals surface area contributed by atoms with Gasteiger partial charge in [0.2, 0.25) is 5.95 Å². The lowest BCUT2D eigenvalue weighted by Crippen LogP contribution is -2.14. The Kier molecular flexibility index (Phi) is 4.38. The maximum Gasteiger partial charge on any atom is 0.413 e. The molecule has 0 saturated carbocycles. The van der Waals surface area contributed by atoms with Crippen molar-refractivity contribution < 1.29 is 9.53 Å². The lowest BCUT2D eigenvalue weighted by atomic mass is 10.0. The predicted molar refractivity (Wildman–Crippen MR) is 90.1 cm³/mol. The summed E-state index contributed by atoms with van der Waals surface area (Å²) >= 11 is 0. The number of hydrogen-bond donors (Lipinski definition) is 2. The van der Waals surface area contributed by atoms with Crippen molar-refractivity contribution in [2.45, 2.75) is 6.92 Å². The highest BCUT2D eigenvalue weighted by atomic mass is 16.5. The molecule has 3 aromatic rings. The van der Waals surface area contributed by atoms with Gasteiger partial charge in [-0.1, -0.05) is 54.6 Å². The van der Waals surface area contributed by atoms with E-state index in [1.165, 1.54) is 5.56 Å². The van der Waals surface area contributed by atoms with Crippen LogP contribution >= 0.6 is 0 Å². The van der Waals surface area contributed by atoms with Gasteiger partial charge in [0.15, 0.2) is 0 Å². The van der Waals surface area contributed by atoms with Gasteiger partial charge in [-0.2, -0.15) is 0 Å². The first-order chi connectivity index (χ1) is 11.3.